The van der Waals surface area contributed by atoms with Gasteiger partial charge in [-0.05, 0) is 61.1 Å². The number of hydrogen-bond donors (Lipinski definition) is 2. The van der Waals surface area contributed by atoms with Gasteiger partial charge in [0.05, 0.1) is 45.9 Å². The maximum absolute atomic E-state index is 13.2. The third-order valence-corrected chi connectivity index (χ3v) is 7.57. The summed E-state index contributed by atoms with van der Waals surface area (Å²) in [5, 5.41) is 23.1. The molecular formula is C31H30F3N4O3+. The summed E-state index contributed by atoms with van der Waals surface area (Å²) in [7, 11) is 0. The number of benzene rings is 2. The summed E-state index contributed by atoms with van der Waals surface area (Å²) >= 11 is 0. The molecule has 2 heterocycles. The van der Waals surface area contributed by atoms with Crippen LogP contribution in [0.1, 0.15) is 48.6 Å². The monoisotopic (exact) mass is 563 g/mol. The molecule has 0 amide bonds. The number of halogens is 3. The van der Waals surface area contributed by atoms with E-state index in [4.69, 9.17) is 20.0 Å². The molecule has 0 bridgehead atoms. The fourth-order valence-corrected chi connectivity index (χ4v) is 5.09. The van der Waals surface area contributed by atoms with Crippen molar-refractivity contribution in [2.75, 3.05) is 6.61 Å². The highest BCUT2D eigenvalue weighted by molar-refractivity contribution is 5.68. The van der Waals surface area contributed by atoms with Gasteiger partial charge >= 0.3 is 12.1 Å². The summed E-state index contributed by atoms with van der Waals surface area (Å²) < 4.78 is 45.4. The van der Waals surface area contributed by atoms with Crippen LogP contribution in [0.4, 0.5) is 13.2 Å². The van der Waals surface area contributed by atoms with Gasteiger partial charge in [-0.1, -0.05) is 37.3 Å². The Bertz CT molecular complexity index is 1590. The van der Waals surface area contributed by atoms with Crippen LogP contribution < -0.4 is 16.0 Å². The molecule has 3 N–H and O–H groups in total. The number of carboxylic acids is 1. The molecule has 41 heavy (non-hydrogen) atoms. The van der Waals surface area contributed by atoms with Crippen LogP contribution in [-0.2, 0) is 23.9 Å². The second kappa shape index (κ2) is 11.4. The highest BCUT2D eigenvalue weighted by Gasteiger charge is 2.50. The predicted octanol–water partition coefficient (Wildman–Crippen LogP) is 4.15. The molecule has 1 aliphatic carbocycles. The van der Waals surface area contributed by atoms with Crippen LogP contribution in [0, 0.1) is 23.2 Å². The zero-order valence-corrected chi connectivity index (χ0v) is 22.4. The van der Waals surface area contributed by atoms with E-state index in [-0.39, 0.29) is 18.3 Å². The highest BCUT2D eigenvalue weighted by Crippen LogP contribution is 2.37. The third-order valence-electron chi connectivity index (χ3n) is 7.57. The van der Waals surface area contributed by atoms with Crippen LogP contribution in [0.2, 0.25) is 0 Å². The van der Waals surface area contributed by atoms with Gasteiger partial charge in [0, 0.05) is 18.0 Å². The van der Waals surface area contributed by atoms with Gasteiger partial charge in [-0.2, -0.15) is 18.4 Å². The van der Waals surface area contributed by atoms with E-state index in [0.29, 0.717) is 65.6 Å². The number of aromatic nitrogens is 2. The van der Waals surface area contributed by atoms with E-state index in [1.54, 1.807) is 12.1 Å². The van der Waals surface area contributed by atoms with E-state index in [1.165, 1.54) is 12.1 Å². The molecule has 212 valence electrons. The topological polar surface area (TPSA) is 116 Å². The quantitative estimate of drug-likeness (QED) is 0.283. The van der Waals surface area contributed by atoms with Crippen molar-refractivity contribution < 1.29 is 27.8 Å². The third kappa shape index (κ3) is 6.64. The first-order chi connectivity index (χ1) is 19.6. The van der Waals surface area contributed by atoms with Gasteiger partial charge in [0.1, 0.15) is 12.1 Å². The number of fused-ring (bicyclic) bond motifs is 1. The first-order valence-corrected chi connectivity index (χ1v) is 13.4. The van der Waals surface area contributed by atoms with Gasteiger partial charge in [0.2, 0.25) is 0 Å². The van der Waals surface area contributed by atoms with E-state index < -0.39 is 23.4 Å². The number of ether oxygens (including phenoxy) is 1. The second-order valence-corrected chi connectivity index (χ2v) is 10.7. The maximum atomic E-state index is 13.2. The van der Waals surface area contributed by atoms with Crippen molar-refractivity contribution in [1.82, 2.24) is 15.3 Å². The highest BCUT2D eigenvalue weighted by atomic mass is 19.4. The average Bonchev–Trinajstić information content (AvgIpc) is 3.75. The Morgan fingerprint density at radius 3 is 2.49 bits per heavy atom. The Kier molecular flexibility index (Phi) is 7.93. The molecule has 1 saturated heterocycles. The second-order valence-electron chi connectivity index (χ2n) is 10.7. The van der Waals surface area contributed by atoms with Crippen molar-refractivity contribution in [1.29, 1.82) is 5.26 Å². The normalized spacial score (nSPS) is 20.2. The fraction of sp³-hybridized carbons (Fsp3) is 0.355. The first kappa shape index (κ1) is 28.5. The maximum Gasteiger partial charge on any atom is 0.480 e. The van der Waals surface area contributed by atoms with Gasteiger partial charge in [0.25, 0.3) is 0 Å². The summed E-state index contributed by atoms with van der Waals surface area (Å²) in [5.74, 6) is -0.686. The minimum Gasteiger partial charge on any atom is -0.353 e. The molecule has 10 heteroatoms. The van der Waals surface area contributed by atoms with Crippen LogP contribution in [0.5, 0.6) is 0 Å². The van der Waals surface area contributed by atoms with Crippen LogP contribution in [0.25, 0.3) is 23.4 Å². The molecule has 0 saturated carbocycles. The number of aryl methyl sites for hydroxylation is 1. The predicted molar refractivity (Wildman–Crippen MR) is 147 cm³/mol. The SMILES string of the molecule is CC(CCc1nc2c(nc1-c1ccc(C(F)(F)F)cc1)=CCC(C1(NCc3ccc(C#N)cc3)CO1)C=2)CC(O)=[OH+]. The summed E-state index contributed by atoms with van der Waals surface area (Å²) in [4.78, 5) is 19.0. The minimum absolute atomic E-state index is 0.00712. The first-order valence-electron chi connectivity index (χ1n) is 13.4. The summed E-state index contributed by atoms with van der Waals surface area (Å²) in [6, 6.07) is 14.4. The van der Waals surface area contributed by atoms with Crippen LogP contribution in [0.15, 0.2) is 48.5 Å². The van der Waals surface area contributed by atoms with Gasteiger partial charge < -0.3 is 14.6 Å². The van der Waals surface area contributed by atoms with Crippen molar-refractivity contribution in [3.05, 3.63) is 81.6 Å². The Balaban J connectivity index is 1.43. The number of carboxylic acid groups (broad SMARTS) is 1. The Morgan fingerprint density at radius 2 is 1.88 bits per heavy atom. The summed E-state index contributed by atoms with van der Waals surface area (Å²) in [6.07, 6.45) is 1.40. The molecular weight excluding hydrogens is 533 g/mol. The van der Waals surface area contributed by atoms with E-state index in [2.05, 4.69) is 11.4 Å². The van der Waals surface area contributed by atoms with E-state index in [1.807, 2.05) is 31.2 Å². The standard InChI is InChI=1S/C31H29F3N4O3/c1-19(14-28(39)40)2-12-26-29(22-7-9-23(10-8-22)31(32,33)34)38-25-13-11-24(15-27(25)37-26)30(18-41-30)36-17-21-5-3-20(16-35)4-6-21/h3-10,13,15,19,24,36H,2,11-12,14,17-18H2,1H3,(H,39,40)/p+1. The van der Waals surface area contributed by atoms with E-state index >= 15 is 0 Å². The largest absolute Gasteiger partial charge is 0.480 e. The number of epoxide rings is 1. The number of aliphatic carboxylic acids is 1. The molecule has 1 fully saturated rings. The van der Waals surface area contributed by atoms with Crippen LogP contribution in [-0.4, -0.2) is 38.2 Å². The van der Waals surface area contributed by atoms with Crippen LogP contribution in [0.3, 0.4) is 0 Å². The molecule has 3 aromatic rings. The molecule has 3 unspecified atom stereocenters. The van der Waals surface area contributed by atoms with Crippen molar-refractivity contribution in [3.63, 3.8) is 0 Å². The van der Waals surface area contributed by atoms with Gasteiger partial charge in [-0.3, -0.25) is 5.32 Å². The lowest BCUT2D eigenvalue weighted by Gasteiger charge is -2.23. The molecule has 5 rings (SSSR count). The molecule has 2 aromatic carbocycles. The number of hydrogen-bond acceptors (Lipinski definition) is 5. The molecule has 0 radical (unpaired) electrons. The van der Waals surface area contributed by atoms with Crippen LogP contribution >= 0.6 is 0 Å². The lowest BCUT2D eigenvalue weighted by molar-refractivity contribution is -0.137. The zero-order valence-electron chi connectivity index (χ0n) is 22.4. The summed E-state index contributed by atoms with van der Waals surface area (Å²) in [5.41, 5.74) is 2.04. The van der Waals surface area contributed by atoms with Crippen molar-refractivity contribution in [2.24, 2.45) is 11.8 Å². The number of nitrogens with zero attached hydrogens (tertiary/aromatic N) is 3. The van der Waals surface area contributed by atoms with Crippen molar-refractivity contribution in [2.45, 2.75) is 51.1 Å². The van der Waals surface area contributed by atoms with Gasteiger partial charge in [-0.15, -0.1) is 0 Å². The molecule has 7 nitrogen and oxygen atoms in total. The van der Waals surface area contributed by atoms with E-state index in [9.17, 15) is 23.1 Å². The minimum atomic E-state index is -4.44. The molecule has 2 aliphatic rings. The van der Waals surface area contributed by atoms with Crippen molar-refractivity contribution >= 4 is 18.1 Å². The van der Waals surface area contributed by atoms with Crippen molar-refractivity contribution in [3.8, 4) is 17.3 Å². The molecule has 3 atom stereocenters. The van der Waals surface area contributed by atoms with Gasteiger partial charge in [0.15, 0.2) is 0 Å². The number of nitrogens with one attached hydrogen (secondary N) is 1. The molecule has 1 aliphatic heterocycles. The number of aliphatic hydroxyl groups excluding tert-OH is 1. The Labute approximate surface area is 235 Å². The molecule has 0 spiro atoms. The van der Waals surface area contributed by atoms with E-state index in [0.717, 1.165) is 17.7 Å². The average molecular weight is 564 g/mol. The Morgan fingerprint density at radius 1 is 1.17 bits per heavy atom. The lowest BCUT2D eigenvalue weighted by Crippen LogP contribution is -2.44. The van der Waals surface area contributed by atoms with Gasteiger partial charge in [-0.25, -0.2) is 9.97 Å². The number of alkyl halides is 3. The lowest BCUT2D eigenvalue weighted by atomic mass is 9.92. The number of rotatable bonds is 10. The zero-order chi connectivity index (χ0) is 29.2. The number of nitriles is 1. The molecule has 1 aromatic heterocycles. The Hall–Kier alpha value is -4.07. The summed E-state index contributed by atoms with van der Waals surface area (Å²) in [6.45, 7) is 3.00. The fourth-order valence-electron chi connectivity index (χ4n) is 5.09. The smallest absolute Gasteiger partial charge is 0.353 e.